The van der Waals surface area contributed by atoms with Gasteiger partial charge in [-0.05, 0) is 66.7 Å². The lowest BCUT2D eigenvalue weighted by Crippen LogP contribution is -2.63. The maximum atomic E-state index is 14.5. The Balaban J connectivity index is 3.38. The van der Waals surface area contributed by atoms with Crippen molar-refractivity contribution in [3.8, 4) is 11.5 Å². The molecule has 0 bridgehead atoms. The molecule has 5 N–H and O–H groups in total. The van der Waals surface area contributed by atoms with E-state index < -0.39 is 59.9 Å². The lowest BCUT2D eigenvalue weighted by Gasteiger charge is -2.42. The summed E-state index contributed by atoms with van der Waals surface area (Å²) in [5, 5.41) is 28.2. The first kappa shape index (κ1) is 51.6. The van der Waals surface area contributed by atoms with Crippen LogP contribution in [0.25, 0.3) is 0 Å². The van der Waals surface area contributed by atoms with Crippen LogP contribution in [0, 0.1) is 35.5 Å². The SMILES string of the molecule is CN[C@H](C(=O)N[C@H](C(=O)N(C)[C@H](C(=O)N(C)[C@H](C(=O)N(C)[C@H](C(=O)N(C)[C@H](C(=O)NCCc1ccc(O)c(O)c1)C(C)C)C(C)C)C(C)C)C(C)C)C(C)C)C(C)C. The van der Waals surface area contributed by atoms with Crippen LogP contribution in [0.2, 0.25) is 0 Å². The zero-order chi connectivity index (χ0) is 45.1. The molecule has 15 nitrogen and oxygen atoms in total. The van der Waals surface area contributed by atoms with E-state index in [4.69, 9.17) is 0 Å². The third-order valence-corrected chi connectivity index (χ3v) is 10.9. The van der Waals surface area contributed by atoms with Crippen molar-refractivity contribution >= 4 is 35.4 Å². The van der Waals surface area contributed by atoms with Gasteiger partial charge in [-0.15, -0.1) is 0 Å². The molecule has 0 heterocycles. The van der Waals surface area contributed by atoms with Crippen molar-refractivity contribution in [3.63, 3.8) is 0 Å². The molecule has 6 atom stereocenters. The van der Waals surface area contributed by atoms with E-state index >= 15 is 0 Å². The molecule has 1 aromatic rings. The van der Waals surface area contributed by atoms with Gasteiger partial charge < -0.3 is 45.8 Å². The van der Waals surface area contributed by atoms with E-state index in [0.29, 0.717) is 12.0 Å². The van der Waals surface area contributed by atoms with Gasteiger partial charge in [-0.3, -0.25) is 28.8 Å². The van der Waals surface area contributed by atoms with Gasteiger partial charge in [0, 0.05) is 34.7 Å². The highest BCUT2D eigenvalue weighted by Crippen LogP contribution is 2.26. The summed E-state index contributed by atoms with van der Waals surface area (Å²) < 4.78 is 0. The Kier molecular flexibility index (Phi) is 20.2. The molecule has 0 saturated heterocycles. The van der Waals surface area contributed by atoms with Crippen molar-refractivity contribution in [1.82, 2.24) is 35.6 Å². The molecule has 1 rings (SSSR count). The summed E-state index contributed by atoms with van der Waals surface area (Å²) in [6.45, 7) is 22.2. The van der Waals surface area contributed by atoms with Crippen LogP contribution < -0.4 is 16.0 Å². The number of carbonyl (C=O) groups excluding carboxylic acids is 6. The molecule has 1 aromatic carbocycles. The smallest absolute Gasteiger partial charge is 0.246 e. The van der Waals surface area contributed by atoms with Crippen molar-refractivity contribution in [2.45, 2.75) is 126 Å². The number of aromatic hydroxyl groups is 2. The molecule has 0 fully saturated rings. The van der Waals surface area contributed by atoms with Crippen LogP contribution >= 0.6 is 0 Å². The minimum absolute atomic E-state index is 0.0270. The van der Waals surface area contributed by atoms with Crippen molar-refractivity contribution < 1.29 is 39.0 Å². The zero-order valence-corrected chi connectivity index (χ0v) is 38.2. The van der Waals surface area contributed by atoms with Gasteiger partial charge in [0.25, 0.3) is 0 Å². The maximum absolute atomic E-state index is 14.5. The van der Waals surface area contributed by atoms with Crippen molar-refractivity contribution in [1.29, 1.82) is 0 Å². The minimum atomic E-state index is -1.01. The van der Waals surface area contributed by atoms with E-state index in [-0.39, 0.29) is 65.4 Å². The maximum Gasteiger partial charge on any atom is 0.246 e. The zero-order valence-electron chi connectivity index (χ0n) is 38.2. The fraction of sp³-hybridized carbons (Fsp3) is 0.721. The molecule has 0 aromatic heterocycles. The highest BCUT2D eigenvalue weighted by Gasteiger charge is 2.44. The molecule has 15 heteroatoms. The Morgan fingerprint density at radius 2 is 0.897 bits per heavy atom. The highest BCUT2D eigenvalue weighted by molar-refractivity contribution is 5.97. The molecule has 58 heavy (non-hydrogen) atoms. The van der Waals surface area contributed by atoms with Crippen LogP contribution in [0.1, 0.15) is 88.6 Å². The number of phenolic OH excluding ortho intramolecular Hbond substituents is 2. The predicted molar refractivity (Wildman–Crippen MR) is 227 cm³/mol. The average molecular weight is 818 g/mol. The number of phenols is 2. The Morgan fingerprint density at radius 1 is 0.517 bits per heavy atom. The summed E-state index contributed by atoms with van der Waals surface area (Å²) in [5.41, 5.74) is 0.704. The Morgan fingerprint density at radius 3 is 1.24 bits per heavy atom. The normalized spacial score (nSPS) is 14.9. The second-order valence-electron chi connectivity index (χ2n) is 17.7. The molecule has 0 aliphatic rings. The summed E-state index contributed by atoms with van der Waals surface area (Å²) in [7, 11) is 7.84. The lowest BCUT2D eigenvalue weighted by molar-refractivity contribution is -0.157. The summed E-state index contributed by atoms with van der Waals surface area (Å²) in [6, 6.07) is -0.811. The number of hydrogen-bond donors (Lipinski definition) is 5. The predicted octanol–water partition coefficient (Wildman–Crippen LogP) is 3.07. The lowest BCUT2D eigenvalue weighted by atomic mass is 9.93. The van der Waals surface area contributed by atoms with Crippen LogP contribution in [-0.2, 0) is 35.2 Å². The standard InChI is InChI=1S/C43H75N7O8/c1-23(2)32(44-13)38(53)46-33(24(3)4)40(55)48(15)35(26(7)8)42(57)50(17)37(28(11)12)43(58)49(16)36(27(9)10)41(56)47(14)34(25(5)6)39(54)45-21-20-29-18-19-30(51)31(52)22-29/h18-19,22-28,32-37,44,51-52H,20-21H2,1-17H3,(H,45,54)(H,46,53)/t32-,33-,34-,35-,36-,37-/m0/s1. The van der Waals surface area contributed by atoms with Gasteiger partial charge in [-0.25, -0.2) is 0 Å². The van der Waals surface area contributed by atoms with Crippen molar-refractivity contribution in [3.05, 3.63) is 23.8 Å². The second kappa shape index (κ2) is 22.7. The minimum Gasteiger partial charge on any atom is -0.504 e. The first-order valence-corrected chi connectivity index (χ1v) is 20.6. The van der Waals surface area contributed by atoms with Gasteiger partial charge in [0.05, 0.1) is 6.04 Å². The molecular formula is C43H75N7O8. The van der Waals surface area contributed by atoms with Crippen molar-refractivity contribution in [2.24, 2.45) is 35.5 Å². The Labute approximate surface area is 347 Å². The molecule has 0 unspecified atom stereocenters. The highest BCUT2D eigenvalue weighted by atomic mass is 16.3. The quantitative estimate of drug-likeness (QED) is 0.116. The molecule has 0 aliphatic carbocycles. The van der Waals surface area contributed by atoms with E-state index in [1.54, 1.807) is 27.2 Å². The van der Waals surface area contributed by atoms with E-state index in [0.717, 1.165) is 0 Å². The third-order valence-electron chi connectivity index (χ3n) is 10.9. The van der Waals surface area contributed by atoms with Gasteiger partial charge in [0.15, 0.2) is 11.5 Å². The number of rotatable bonds is 21. The monoisotopic (exact) mass is 818 g/mol. The first-order valence-electron chi connectivity index (χ1n) is 20.6. The molecule has 6 amide bonds. The van der Waals surface area contributed by atoms with Gasteiger partial charge in [0.1, 0.15) is 30.2 Å². The third kappa shape index (κ3) is 13.1. The van der Waals surface area contributed by atoms with Crippen LogP contribution in [0.15, 0.2) is 18.2 Å². The second-order valence-corrected chi connectivity index (χ2v) is 17.7. The largest absolute Gasteiger partial charge is 0.504 e. The van der Waals surface area contributed by atoms with Gasteiger partial charge in [-0.1, -0.05) is 89.2 Å². The summed E-state index contributed by atoms with van der Waals surface area (Å²) >= 11 is 0. The van der Waals surface area contributed by atoms with Crippen LogP contribution in [0.3, 0.4) is 0 Å². The summed E-state index contributed by atoms with van der Waals surface area (Å²) in [4.78, 5) is 89.6. The first-order chi connectivity index (χ1) is 26.7. The van der Waals surface area contributed by atoms with Gasteiger partial charge in [-0.2, -0.15) is 0 Å². The van der Waals surface area contributed by atoms with E-state index in [2.05, 4.69) is 16.0 Å². The van der Waals surface area contributed by atoms with E-state index in [1.807, 2.05) is 83.1 Å². The molecular weight excluding hydrogens is 743 g/mol. The summed E-state index contributed by atoms with van der Waals surface area (Å²) in [5.74, 6) is -4.71. The van der Waals surface area contributed by atoms with Crippen LogP contribution in [-0.4, -0.2) is 143 Å². The molecule has 0 spiro atoms. The Bertz CT molecular complexity index is 1560. The van der Waals surface area contributed by atoms with Crippen LogP contribution in [0.4, 0.5) is 0 Å². The Hall–Kier alpha value is -4.40. The van der Waals surface area contributed by atoms with Crippen LogP contribution in [0.5, 0.6) is 11.5 Å². The molecule has 0 aliphatic heterocycles. The fourth-order valence-electron chi connectivity index (χ4n) is 7.70. The topological polar surface area (TPSA) is 192 Å². The number of carbonyl (C=O) groups is 6. The average Bonchev–Trinajstić information content (AvgIpc) is 3.11. The number of hydrogen-bond acceptors (Lipinski definition) is 9. The van der Waals surface area contributed by atoms with E-state index in [1.165, 1.54) is 45.8 Å². The van der Waals surface area contributed by atoms with E-state index in [9.17, 15) is 39.0 Å². The van der Waals surface area contributed by atoms with Crippen molar-refractivity contribution in [2.75, 3.05) is 41.8 Å². The molecule has 0 saturated carbocycles. The number of amides is 6. The molecule has 0 radical (unpaired) electrons. The summed E-state index contributed by atoms with van der Waals surface area (Å²) in [6.07, 6.45) is 0.378. The molecule has 330 valence electrons. The number of likely N-dealkylation sites (N-methyl/N-ethyl adjacent to an activating group) is 5. The van der Waals surface area contributed by atoms with Gasteiger partial charge in [0.2, 0.25) is 35.4 Å². The fourth-order valence-corrected chi connectivity index (χ4v) is 7.70. The number of nitrogens with zero attached hydrogens (tertiary/aromatic N) is 4. The number of nitrogens with one attached hydrogen (secondary N) is 3. The number of benzene rings is 1. The van der Waals surface area contributed by atoms with Gasteiger partial charge >= 0.3 is 0 Å².